The van der Waals surface area contributed by atoms with Gasteiger partial charge in [-0.15, -0.1) is 0 Å². The molecule has 0 saturated heterocycles. The van der Waals surface area contributed by atoms with Gasteiger partial charge >= 0.3 is 0 Å². The minimum Gasteiger partial charge on any atom is -0.330 e. The summed E-state index contributed by atoms with van der Waals surface area (Å²) in [5.74, 6) is -0.253. The summed E-state index contributed by atoms with van der Waals surface area (Å²) in [6, 6.07) is 9.76. The van der Waals surface area contributed by atoms with Crippen molar-refractivity contribution in [2.45, 2.75) is 32.1 Å². The highest BCUT2D eigenvalue weighted by molar-refractivity contribution is 5.89. The zero-order valence-corrected chi connectivity index (χ0v) is 11.3. The molecule has 1 aromatic carbocycles. The Morgan fingerprint density at radius 3 is 2.84 bits per heavy atom. The molecule has 0 unspecified atom stereocenters. The molecule has 2 rings (SSSR count). The first-order valence-electron chi connectivity index (χ1n) is 6.52. The summed E-state index contributed by atoms with van der Waals surface area (Å²) in [4.78, 5) is 16.5. The molecule has 0 saturated carbocycles. The molecular formula is C15H17N3O. The lowest BCUT2D eigenvalue weighted by atomic mass is 10.0. The van der Waals surface area contributed by atoms with Crippen molar-refractivity contribution < 1.29 is 4.79 Å². The maximum atomic E-state index is 12.1. The zero-order valence-electron chi connectivity index (χ0n) is 11.3. The van der Waals surface area contributed by atoms with Crippen molar-refractivity contribution in [1.82, 2.24) is 9.55 Å². The molecule has 0 amide bonds. The van der Waals surface area contributed by atoms with Crippen LogP contribution in [-0.4, -0.2) is 15.3 Å². The molecule has 0 aliphatic rings. The average molecular weight is 255 g/mol. The summed E-state index contributed by atoms with van der Waals surface area (Å²) in [5, 5.41) is 9.27. The van der Waals surface area contributed by atoms with Gasteiger partial charge in [0, 0.05) is 13.5 Å². The Balaban J connectivity index is 2.39. The molecule has 0 spiro atoms. The van der Waals surface area contributed by atoms with E-state index in [0.29, 0.717) is 12.2 Å². The molecule has 0 aliphatic heterocycles. The van der Waals surface area contributed by atoms with Gasteiger partial charge in [0.05, 0.1) is 17.1 Å². The maximum absolute atomic E-state index is 12.1. The summed E-state index contributed by atoms with van der Waals surface area (Å²) in [6.07, 6.45) is 2.21. The third-order valence-corrected chi connectivity index (χ3v) is 3.31. The Hall–Kier alpha value is -2.15. The molecule has 1 heterocycles. The number of Topliss-reactive ketones (excluding diaryl/α,β-unsaturated/α-hetero) is 1. The van der Waals surface area contributed by atoms with Gasteiger partial charge in [-0.3, -0.25) is 4.79 Å². The van der Waals surface area contributed by atoms with Crippen LogP contribution in [0, 0.1) is 11.3 Å². The summed E-state index contributed by atoms with van der Waals surface area (Å²) in [7, 11) is 1.85. The number of carbonyl (C=O) groups excluding carboxylic acids is 1. The quantitative estimate of drug-likeness (QED) is 0.825. The average Bonchev–Trinajstić information content (AvgIpc) is 2.75. The van der Waals surface area contributed by atoms with Crippen molar-refractivity contribution in [3.05, 3.63) is 30.1 Å². The predicted molar refractivity (Wildman–Crippen MR) is 73.6 cm³/mol. The van der Waals surface area contributed by atoms with E-state index in [-0.39, 0.29) is 5.78 Å². The van der Waals surface area contributed by atoms with Crippen LogP contribution in [0.3, 0.4) is 0 Å². The van der Waals surface area contributed by atoms with Gasteiger partial charge in [0.2, 0.25) is 0 Å². The van der Waals surface area contributed by atoms with Crippen LogP contribution in [0.15, 0.2) is 24.3 Å². The van der Waals surface area contributed by atoms with Gasteiger partial charge in [-0.1, -0.05) is 25.5 Å². The molecule has 0 bridgehead atoms. The fourth-order valence-corrected chi connectivity index (χ4v) is 2.19. The third-order valence-electron chi connectivity index (χ3n) is 3.31. The van der Waals surface area contributed by atoms with E-state index >= 15 is 0 Å². The van der Waals surface area contributed by atoms with Gasteiger partial charge in [0.15, 0.2) is 11.7 Å². The molecule has 0 radical (unpaired) electrons. The van der Waals surface area contributed by atoms with Crippen LogP contribution in [0.5, 0.6) is 0 Å². The monoisotopic (exact) mass is 255 g/mol. The predicted octanol–water partition coefficient (Wildman–Crippen LogP) is 2.94. The van der Waals surface area contributed by atoms with Crippen LogP contribution in [-0.2, 0) is 11.8 Å². The maximum Gasteiger partial charge on any atom is 0.162 e. The Morgan fingerprint density at radius 2 is 2.21 bits per heavy atom. The molecule has 0 aliphatic carbocycles. The van der Waals surface area contributed by atoms with Crippen LogP contribution < -0.4 is 0 Å². The number of aryl methyl sites for hydroxylation is 1. The Labute approximate surface area is 112 Å². The molecule has 2 aromatic rings. The van der Waals surface area contributed by atoms with E-state index < -0.39 is 5.92 Å². The van der Waals surface area contributed by atoms with E-state index in [4.69, 9.17) is 0 Å². The van der Waals surface area contributed by atoms with Crippen molar-refractivity contribution in [1.29, 1.82) is 5.26 Å². The number of ketones is 1. The highest BCUT2D eigenvalue weighted by Crippen LogP contribution is 2.22. The van der Waals surface area contributed by atoms with Crippen LogP contribution in [0.2, 0.25) is 0 Å². The van der Waals surface area contributed by atoms with E-state index in [1.54, 1.807) is 0 Å². The second-order valence-corrected chi connectivity index (χ2v) is 4.65. The third kappa shape index (κ3) is 2.50. The fraction of sp³-hybridized carbons (Fsp3) is 0.400. The molecule has 0 N–H and O–H groups in total. The van der Waals surface area contributed by atoms with Crippen LogP contribution in [0.1, 0.15) is 37.9 Å². The largest absolute Gasteiger partial charge is 0.330 e. The number of imidazole rings is 1. The molecule has 1 atom stereocenters. The van der Waals surface area contributed by atoms with E-state index in [1.807, 2.05) is 42.8 Å². The lowest BCUT2D eigenvalue weighted by Gasteiger charge is -2.08. The Kier molecular flexibility index (Phi) is 3.96. The van der Waals surface area contributed by atoms with Crippen LogP contribution in [0.25, 0.3) is 11.0 Å². The molecule has 1 aromatic heterocycles. The molecule has 4 heteroatoms. The number of rotatable bonds is 5. The summed E-state index contributed by atoms with van der Waals surface area (Å²) in [6.45, 7) is 2.03. The second-order valence-electron chi connectivity index (χ2n) is 4.65. The van der Waals surface area contributed by atoms with Gasteiger partial charge < -0.3 is 4.57 Å². The number of benzene rings is 1. The molecule has 0 fully saturated rings. The fourth-order valence-electron chi connectivity index (χ4n) is 2.19. The van der Waals surface area contributed by atoms with Gasteiger partial charge in [-0.2, -0.15) is 5.26 Å². The van der Waals surface area contributed by atoms with E-state index in [9.17, 15) is 10.1 Å². The summed E-state index contributed by atoms with van der Waals surface area (Å²) >= 11 is 0. The lowest BCUT2D eigenvalue weighted by molar-refractivity contribution is -0.119. The number of para-hydroxylation sites is 2. The van der Waals surface area contributed by atoms with E-state index in [2.05, 4.69) is 11.1 Å². The number of fused-ring (bicyclic) bond motifs is 1. The van der Waals surface area contributed by atoms with E-state index in [1.165, 1.54) is 0 Å². The van der Waals surface area contributed by atoms with Crippen LogP contribution >= 0.6 is 0 Å². The highest BCUT2D eigenvalue weighted by Gasteiger charge is 2.24. The minimum atomic E-state index is -0.760. The lowest BCUT2D eigenvalue weighted by Crippen LogP contribution is -2.15. The first kappa shape index (κ1) is 13.3. The van der Waals surface area contributed by atoms with Gasteiger partial charge in [-0.25, -0.2) is 4.98 Å². The normalized spacial score (nSPS) is 12.3. The first-order valence-corrected chi connectivity index (χ1v) is 6.52. The topological polar surface area (TPSA) is 58.7 Å². The number of nitriles is 1. The number of aromatic nitrogens is 2. The van der Waals surface area contributed by atoms with E-state index in [0.717, 1.165) is 23.9 Å². The smallest absolute Gasteiger partial charge is 0.162 e. The van der Waals surface area contributed by atoms with Crippen LogP contribution in [0.4, 0.5) is 0 Å². The molecule has 19 heavy (non-hydrogen) atoms. The van der Waals surface area contributed by atoms with Crippen molar-refractivity contribution in [2.75, 3.05) is 0 Å². The molecule has 98 valence electrons. The van der Waals surface area contributed by atoms with Gasteiger partial charge in [0.25, 0.3) is 0 Å². The highest BCUT2D eigenvalue weighted by atomic mass is 16.1. The molecule has 4 nitrogen and oxygen atoms in total. The van der Waals surface area contributed by atoms with Gasteiger partial charge in [0.1, 0.15) is 5.82 Å². The number of unbranched alkanes of at least 4 members (excludes halogenated alkanes) is 1. The van der Waals surface area contributed by atoms with Crippen molar-refractivity contribution >= 4 is 16.8 Å². The number of carbonyl (C=O) groups is 1. The van der Waals surface area contributed by atoms with Gasteiger partial charge in [-0.05, 0) is 18.6 Å². The summed E-state index contributed by atoms with van der Waals surface area (Å²) in [5.41, 5.74) is 1.77. The number of hydrogen-bond acceptors (Lipinski definition) is 3. The number of nitrogens with zero attached hydrogens (tertiary/aromatic N) is 3. The molecular weight excluding hydrogens is 238 g/mol. The standard InChI is InChI=1S/C15H17N3O/c1-3-4-9-14(19)11(10-16)15-17-12-7-5-6-8-13(12)18(15)2/h5-8,11H,3-4,9H2,1-2H3/t11-/m0/s1. The second kappa shape index (κ2) is 5.66. The Bertz CT molecular complexity index is 636. The van der Waals surface area contributed by atoms with Crippen molar-refractivity contribution in [3.8, 4) is 6.07 Å². The summed E-state index contributed by atoms with van der Waals surface area (Å²) < 4.78 is 1.84. The Morgan fingerprint density at radius 1 is 1.47 bits per heavy atom. The zero-order chi connectivity index (χ0) is 13.8. The van der Waals surface area contributed by atoms with Crippen molar-refractivity contribution in [3.63, 3.8) is 0 Å². The minimum absolute atomic E-state index is 0.0391. The number of hydrogen-bond donors (Lipinski definition) is 0. The first-order chi connectivity index (χ1) is 9.19. The van der Waals surface area contributed by atoms with Crippen molar-refractivity contribution in [2.24, 2.45) is 7.05 Å². The SMILES string of the molecule is CCCCC(=O)[C@H](C#N)c1nc2ccccc2n1C.